The predicted molar refractivity (Wildman–Crippen MR) is 89.8 cm³/mol. The van der Waals surface area contributed by atoms with Gasteiger partial charge in [-0.3, -0.25) is 0 Å². The quantitative estimate of drug-likeness (QED) is 0.667. The second kappa shape index (κ2) is 5.96. The Balaban J connectivity index is 1.89. The molecule has 104 valence electrons. The number of benzene rings is 2. The Morgan fingerprint density at radius 3 is 2.80 bits per heavy atom. The van der Waals surface area contributed by atoms with Gasteiger partial charge in [0.1, 0.15) is 5.75 Å². The highest BCUT2D eigenvalue weighted by atomic mass is 79.9. The lowest BCUT2D eigenvalue weighted by molar-refractivity contribution is 0.274. The second-order valence-corrected chi connectivity index (χ2v) is 6.82. The number of hydrogen-bond acceptors (Lipinski definition) is 2. The fourth-order valence-electron chi connectivity index (χ4n) is 2.30. The van der Waals surface area contributed by atoms with Gasteiger partial charge < -0.3 is 10.1 Å². The zero-order valence-corrected chi connectivity index (χ0v) is 14.4. The van der Waals surface area contributed by atoms with Crippen molar-refractivity contribution >= 4 is 49.1 Å². The Morgan fingerprint density at radius 2 is 2.00 bits per heavy atom. The highest BCUT2D eigenvalue weighted by Crippen LogP contribution is 2.37. The van der Waals surface area contributed by atoms with Crippen LogP contribution in [0.1, 0.15) is 18.0 Å². The fraction of sp³-hybridized carbons (Fsp3) is 0.200. The first-order valence-corrected chi connectivity index (χ1v) is 8.24. The molecule has 0 bridgehead atoms. The maximum absolute atomic E-state index is 6.14. The Bertz CT molecular complexity index is 648. The highest BCUT2D eigenvalue weighted by Gasteiger charge is 2.21. The summed E-state index contributed by atoms with van der Waals surface area (Å²) in [7, 11) is 0. The van der Waals surface area contributed by atoms with Crippen molar-refractivity contribution in [3.8, 4) is 5.75 Å². The molecule has 0 saturated carbocycles. The first-order valence-electron chi connectivity index (χ1n) is 6.27. The molecular weight excluding hydrogens is 405 g/mol. The highest BCUT2D eigenvalue weighted by molar-refractivity contribution is 9.10. The topological polar surface area (TPSA) is 21.3 Å². The molecule has 3 rings (SSSR count). The van der Waals surface area contributed by atoms with Crippen LogP contribution in [0.25, 0.3) is 0 Å². The number of fused-ring (bicyclic) bond motifs is 1. The molecule has 0 amide bonds. The van der Waals surface area contributed by atoms with Crippen LogP contribution in [0.4, 0.5) is 5.69 Å². The minimum Gasteiger partial charge on any atom is -0.493 e. The third-order valence-electron chi connectivity index (χ3n) is 3.27. The van der Waals surface area contributed by atoms with Gasteiger partial charge in [0.25, 0.3) is 0 Å². The SMILES string of the molecule is Clc1cc(NC2CCOc3ccc(Br)cc32)ccc1Br. The van der Waals surface area contributed by atoms with Crippen molar-refractivity contribution in [1.29, 1.82) is 0 Å². The van der Waals surface area contributed by atoms with Gasteiger partial charge in [-0.05, 0) is 52.3 Å². The molecule has 1 N–H and O–H groups in total. The zero-order chi connectivity index (χ0) is 14.1. The minimum atomic E-state index is 0.230. The summed E-state index contributed by atoms with van der Waals surface area (Å²) in [6.07, 6.45) is 0.928. The normalized spacial score (nSPS) is 17.2. The van der Waals surface area contributed by atoms with Gasteiger partial charge in [-0.1, -0.05) is 27.5 Å². The van der Waals surface area contributed by atoms with Crippen molar-refractivity contribution in [2.24, 2.45) is 0 Å². The van der Waals surface area contributed by atoms with E-state index in [0.717, 1.165) is 33.4 Å². The first-order chi connectivity index (χ1) is 9.63. The average molecular weight is 418 g/mol. The van der Waals surface area contributed by atoms with Gasteiger partial charge in [0.2, 0.25) is 0 Å². The molecule has 20 heavy (non-hydrogen) atoms. The lowest BCUT2D eigenvalue weighted by atomic mass is 10.0. The summed E-state index contributed by atoms with van der Waals surface area (Å²) < 4.78 is 7.66. The van der Waals surface area contributed by atoms with E-state index >= 15 is 0 Å². The van der Waals surface area contributed by atoms with Crippen LogP contribution in [0.15, 0.2) is 45.3 Å². The predicted octanol–water partition coefficient (Wildman–Crippen LogP) is 5.80. The Kier molecular flexibility index (Phi) is 4.24. The summed E-state index contributed by atoms with van der Waals surface area (Å²) in [6, 6.07) is 12.2. The molecule has 0 saturated heterocycles. The van der Waals surface area contributed by atoms with Crippen LogP contribution >= 0.6 is 43.5 Å². The number of anilines is 1. The van der Waals surface area contributed by atoms with Crippen LogP contribution in [0.3, 0.4) is 0 Å². The van der Waals surface area contributed by atoms with Crippen molar-refractivity contribution in [1.82, 2.24) is 0 Å². The maximum Gasteiger partial charge on any atom is 0.124 e. The summed E-state index contributed by atoms with van der Waals surface area (Å²) in [5, 5.41) is 4.23. The smallest absolute Gasteiger partial charge is 0.124 e. The lowest BCUT2D eigenvalue weighted by Gasteiger charge is -2.27. The van der Waals surface area contributed by atoms with Gasteiger partial charge in [0.05, 0.1) is 17.7 Å². The Hall–Kier alpha value is -0.710. The summed E-state index contributed by atoms with van der Waals surface area (Å²) in [4.78, 5) is 0. The molecule has 2 aromatic rings. The van der Waals surface area contributed by atoms with E-state index in [9.17, 15) is 0 Å². The van der Waals surface area contributed by atoms with Gasteiger partial charge in [0, 0.05) is 26.6 Å². The molecule has 5 heteroatoms. The van der Waals surface area contributed by atoms with Crippen molar-refractivity contribution in [3.63, 3.8) is 0 Å². The van der Waals surface area contributed by atoms with Crippen LogP contribution in [0.2, 0.25) is 5.02 Å². The number of rotatable bonds is 2. The van der Waals surface area contributed by atoms with Gasteiger partial charge in [-0.2, -0.15) is 0 Å². The summed E-state index contributed by atoms with van der Waals surface area (Å²) >= 11 is 13.1. The molecule has 0 spiro atoms. The second-order valence-electron chi connectivity index (χ2n) is 4.65. The van der Waals surface area contributed by atoms with E-state index in [1.54, 1.807) is 0 Å². The number of nitrogens with one attached hydrogen (secondary N) is 1. The number of ether oxygens (including phenoxy) is 1. The van der Waals surface area contributed by atoms with Crippen LogP contribution in [-0.2, 0) is 0 Å². The van der Waals surface area contributed by atoms with E-state index < -0.39 is 0 Å². The van der Waals surface area contributed by atoms with Crippen molar-refractivity contribution in [3.05, 3.63) is 55.9 Å². The molecule has 2 aromatic carbocycles. The molecule has 1 unspecified atom stereocenters. The first kappa shape index (κ1) is 14.2. The molecule has 1 aliphatic rings. The molecule has 0 aliphatic carbocycles. The standard InChI is InChI=1S/C15H12Br2ClNO/c16-9-1-4-15-11(7-9)14(5-6-20-15)19-10-2-3-12(17)13(18)8-10/h1-4,7-8,14,19H,5-6H2. The lowest BCUT2D eigenvalue weighted by Crippen LogP contribution is -2.20. The minimum absolute atomic E-state index is 0.230. The van der Waals surface area contributed by atoms with Gasteiger partial charge >= 0.3 is 0 Å². The molecule has 1 atom stereocenters. The Labute approximate surface area is 139 Å². The van der Waals surface area contributed by atoms with Crippen LogP contribution in [0.5, 0.6) is 5.75 Å². The van der Waals surface area contributed by atoms with E-state index in [2.05, 4.69) is 43.2 Å². The van der Waals surface area contributed by atoms with E-state index in [-0.39, 0.29) is 6.04 Å². The van der Waals surface area contributed by atoms with Gasteiger partial charge in [-0.25, -0.2) is 0 Å². The van der Waals surface area contributed by atoms with E-state index in [4.69, 9.17) is 16.3 Å². The van der Waals surface area contributed by atoms with E-state index in [1.807, 2.05) is 30.3 Å². The van der Waals surface area contributed by atoms with Crippen molar-refractivity contribution < 1.29 is 4.74 Å². The van der Waals surface area contributed by atoms with E-state index in [0.29, 0.717) is 5.02 Å². The molecule has 1 heterocycles. The summed E-state index contributed by atoms with van der Waals surface area (Å²) in [5.41, 5.74) is 2.18. The maximum atomic E-state index is 6.14. The van der Waals surface area contributed by atoms with Crippen LogP contribution in [0, 0.1) is 0 Å². The van der Waals surface area contributed by atoms with Gasteiger partial charge in [-0.15, -0.1) is 0 Å². The zero-order valence-electron chi connectivity index (χ0n) is 10.5. The molecule has 0 fully saturated rings. The molecule has 1 aliphatic heterocycles. The molecule has 0 radical (unpaired) electrons. The number of hydrogen-bond donors (Lipinski definition) is 1. The third kappa shape index (κ3) is 2.97. The van der Waals surface area contributed by atoms with Crippen molar-refractivity contribution in [2.45, 2.75) is 12.5 Å². The molecule has 2 nitrogen and oxygen atoms in total. The third-order valence-corrected chi connectivity index (χ3v) is 5.00. The molecule has 0 aromatic heterocycles. The number of halogens is 3. The van der Waals surface area contributed by atoms with E-state index in [1.165, 1.54) is 5.56 Å². The van der Waals surface area contributed by atoms with Crippen LogP contribution in [-0.4, -0.2) is 6.61 Å². The average Bonchev–Trinajstić information content (AvgIpc) is 2.44. The summed E-state index contributed by atoms with van der Waals surface area (Å²) in [6.45, 7) is 0.719. The fourth-order valence-corrected chi connectivity index (χ4v) is 3.11. The van der Waals surface area contributed by atoms with Gasteiger partial charge in [0.15, 0.2) is 0 Å². The largest absolute Gasteiger partial charge is 0.493 e. The van der Waals surface area contributed by atoms with Crippen molar-refractivity contribution in [2.75, 3.05) is 11.9 Å². The van der Waals surface area contributed by atoms with Crippen LogP contribution < -0.4 is 10.1 Å². The summed E-state index contributed by atoms with van der Waals surface area (Å²) in [5.74, 6) is 0.945. The monoisotopic (exact) mass is 415 g/mol. The molecular formula is C15H12Br2ClNO. The Morgan fingerprint density at radius 1 is 1.15 bits per heavy atom.